The average molecular weight is 317 g/mol. The molecule has 1 amide bonds. The van der Waals surface area contributed by atoms with E-state index in [0.29, 0.717) is 5.69 Å². The zero-order valence-electron chi connectivity index (χ0n) is 12.2. The number of likely N-dealkylation sites (N-methyl/N-ethyl adjacent to an activating group) is 1. The standard InChI is InChI=1S/C15H13F2N5O/c1-18-13(23)9-21-8-10(7-20-21)22-6-5-19-15(22)14-11(16)3-2-4-12(14)17/h2-8H,9H2,1H3,(H,18,23). The van der Waals surface area contributed by atoms with Crippen LogP contribution < -0.4 is 5.32 Å². The molecule has 1 N–H and O–H groups in total. The van der Waals surface area contributed by atoms with Crippen LogP contribution >= 0.6 is 0 Å². The summed E-state index contributed by atoms with van der Waals surface area (Å²) in [7, 11) is 1.53. The number of hydrogen-bond acceptors (Lipinski definition) is 3. The number of carbonyl (C=O) groups is 1. The van der Waals surface area contributed by atoms with E-state index in [4.69, 9.17) is 0 Å². The lowest BCUT2D eigenvalue weighted by atomic mass is 10.2. The number of aromatic nitrogens is 4. The van der Waals surface area contributed by atoms with Gasteiger partial charge in [-0.15, -0.1) is 0 Å². The van der Waals surface area contributed by atoms with Crippen LogP contribution in [0.5, 0.6) is 0 Å². The molecule has 6 nitrogen and oxygen atoms in total. The quantitative estimate of drug-likeness (QED) is 0.797. The Balaban J connectivity index is 2.00. The average Bonchev–Trinajstić information content (AvgIpc) is 3.16. The van der Waals surface area contributed by atoms with Gasteiger partial charge < -0.3 is 5.32 Å². The molecule has 0 aliphatic rings. The first kappa shape index (κ1) is 14.9. The maximum absolute atomic E-state index is 14.0. The van der Waals surface area contributed by atoms with Gasteiger partial charge in [-0.3, -0.25) is 14.0 Å². The van der Waals surface area contributed by atoms with E-state index in [1.807, 2.05) is 0 Å². The van der Waals surface area contributed by atoms with Gasteiger partial charge in [0.2, 0.25) is 5.91 Å². The molecular formula is C15H13F2N5O. The van der Waals surface area contributed by atoms with Gasteiger partial charge in [-0.05, 0) is 12.1 Å². The number of benzene rings is 1. The van der Waals surface area contributed by atoms with Gasteiger partial charge in [0, 0.05) is 25.6 Å². The highest BCUT2D eigenvalue weighted by Crippen LogP contribution is 2.26. The maximum Gasteiger partial charge on any atom is 0.241 e. The monoisotopic (exact) mass is 317 g/mol. The Hall–Kier alpha value is -3.03. The fourth-order valence-electron chi connectivity index (χ4n) is 2.20. The second-order valence-corrected chi connectivity index (χ2v) is 4.79. The minimum Gasteiger partial charge on any atom is -0.358 e. The minimum atomic E-state index is -0.699. The number of hydrogen-bond donors (Lipinski definition) is 1. The van der Waals surface area contributed by atoms with E-state index in [9.17, 15) is 13.6 Å². The van der Waals surface area contributed by atoms with Crippen molar-refractivity contribution in [3.63, 3.8) is 0 Å². The van der Waals surface area contributed by atoms with Gasteiger partial charge in [-0.25, -0.2) is 13.8 Å². The van der Waals surface area contributed by atoms with E-state index in [1.165, 1.54) is 46.9 Å². The summed E-state index contributed by atoms with van der Waals surface area (Å²) in [4.78, 5) is 15.4. The van der Waals surface area contributed by atoms with Crippen LogP contribution in [0.15, 0.2) is 43.0 Å². The molecule has 1 aromatic carbocycles. The van der Waals surface area contributed by atoms with E-state index < -0.39 is 11.6 Å². The Morgan fingerprint density at radius 3 is 2.74 bits per heavy atom. The van der Waals surface area contributed by atoms with Crippen molar-refractivity contribution >= 4 is 5.91 Å². The van der Waals surface area contributed by atoms with Crippen molar-refractivity contribution in [2.75, 3.05) is 7.05 Å². The van der Waals surface area contributed by atoms with E-state index in [-0.39, 0.29) is 23.8 Å². The molecular weight excluding hydrogens is 304 g/mol. The summed E-state index contributed by atoms with van der Waals surface area (Å²) in [5.41, 5.74) is 0.334. The predicted molar refractivity (Wildman–Crippen MR) is 78.8 cm³/mol. The molecule has 0 radical (unpaired) electrons. The van der Waals surface area contributed by atoms with Crippen molar-refractivity contribution in [2.45, 2.75) is 6.54 Å². The molecule has 2 aromatic heterocycles. The minimum absolute atomic E-state index is 0.0502. The largest absolute Gasteiger partial charge is 0.358 e. The summed E-state index contributed by atoms with van der Waals surface area (Å²) in [6.07, 6.45) is 6.10. The van der Waals surface area contributed by atoms with Crippen molar-refractivity contribution in [1.29, 1.82) is 0 Å². The third kappa shape index (κ3) is 2.83. The van der Waals surface area contributed by atoms with Crippen LogP contribution in [0.2, 0.25) is 0 Å². The summed E-state index contributed by atoms with van der Waals surface area (Å²) in [5, 5.41) is 6.55. The maximum atomic E-state index is 14.0. The molecule has 23 heavy (non-hydrogen) atoms. The summed E-state index contributed by atoms with van der Waals surface area (Å²) in [5.74, 6) is -1.48. The van der Waals surface area contributed by atoms with E-state index >= 15 is 0 Å². The second-order valence-electron chi connectivity index (χ2n) is 4.79. The van der Waals surface area contributed by atoms with Crippen molar-refractivity contribution < 1.29 is 13.6 Å². The molecule has 0 saturated carbocycles. The van der Waals surface area contributed by atoms with Crippen LogP contribution in [0.1, 0.15) is 0 Å². The smallest absolute Gasteiger partial charge is 0.241 e. The number of nitrogens with one attached hydrogen (secondary N) is 1. The summed E-state index contributed by atoms with van der Waals surface area (Å²) >= 11 is 0. The molecule has 2 heterocycles. The van der Waals surface area contributed by atoms with Gasteiger partial charge in [-0.2, -0.15) is 5.10 Å². The lowest BCUT2D eigenvalue weighted by Gasteiger charge is -2.07. The molecule has 0 spiro atoms. The van der Waals surface area contributed by atoms with Crippen molar-refractivity contribution in [1.82, 2.24) is 24.6 Å². The number of carbonyl (C=O) groups excluding carboxylic acids is 1. The Labute approximate surface area is 130 Å². The normalized spacial score (nSPS) is 10.7. The van der Waals surface area contributed by atoms with Gasteiger partial charge in [0.05, 0.1) is 17.4 Å². The molecule has 118 valence electrons. The van der Waals surface area contributed by atoms with Gasteiger partial charge in [0.1, 0.15) is 18.2 Å². The van der Waals surface area contributed by atoms with Crippen LogP contribution in [-0.4, -0.2) is 32.3 Å². The van der Waals surface area contributed by atoms with Crippen LogP contribution in [-0.2, 0) is 11.3 Å². The van der Waals surface area contributed by atoms with Gasteiger partial charge in [0.25, 0.3) is 0 Å². The predicted octanol–water partition coefficient (Wildman–Crippen LogP) is 1.76. The van der Waals surface area contributed by atoms with Gasteiger partial charge >= 0.3 is 0 Å². The molecule has 0 unspecified atom stereocenters. The molecule has 8 heteroatoms. The molecule has 0 atom stereocenters. The van der Waals surface area contributed by atoms with Crippen molar-refractivity contribution in [2.24, 2.45) is 0 Å². The molecule has 0 bridgehead atoms. The topological polar surface area (TPSA) is 64.7 Å². The Morgan fingerprint density at radius 2 is 2.04 bits per heavy atom. The molecule has 3 aromatic rings. The number of nitrogens with zero attached hydrogens (tertiary/aromatic N) is 4. The zero-order chi connectivity index (χ0) is 16.4. The second kappa shape index (κ2) is 5.99. The van der Waals surface area contributed by atoms with Crippen LogP contribution in [0, 0.1) is 11.6 Å². The van der Waals surface area contributed by atoms with Crippen molar-refractivity contribution in [3.05, 3.63) is 54.6 Å². The highest BCUT2D eigenvalue weighted by Gasteiger charge is 2.17. The highest BCUT2D eigenvalue weighted by atomic mass is 19.1. The van der Waals surface area contributed by atoms with Crippen LogP contribution in [0.4, 0.5) is 8.78 Å². The highest BCUT2D eigenvalue weighted by molar-refractivity contribution is 5.75. The van der Waals surface area contributed by atoms with Gasteiger partial charge in [0.15, 0.2) is 5.82 Å². The Bertz CT molecular complexity index is 835. The summed E-state index contributed by atoms with van der Waals surface area (Å²) in [6.45, 7) is 0.0502. The zero-order valence-corrected chi connectivity index (χ0v) is 12.2. The number of halogens is 2. The van der Waals surface area contributed by atoms with Gasteiger partial charge in [-0.1, -0.05) is 6.07 Å². The molecule has 0 aliphatic heterocycles. The fraction of sp³-hybridized carbons (Fsp3) is 0.133. The van der Waals surface area contributed by atoms with E-state index in [2.05, 4.69) is 15.4 Å². The van der Waals surface area contributed by atoms with Crippen molar-refractivity contribution in [3.8, 4) is 17.1 Å². The fourth-order valence-corrected chi connectivity index (χ4v) is 2.20. The lowest BCUT2D eigenvalue weighted by molar-refractivity contribution is -0.121. The molecule has 0 saturated heterocycles. The first-order valence-corrected chi connectivity index (χ1v) is 6.81. The molecule has 3 rings (SSSR count). The summed E-state index contributed by atoms with van der Waals surface area (Å²) < 4.78 is 30.9. The first-order chi connectivity index (χ1) is 11.1. The first-order valence-electron chi connectivity index (χ1n) is 6.81. The lowest BCUT2D eigenvalue weighted by Crippen LogP contribution is -2.23. The van der Waals surface area contributed by atoms with E-state index in [0.717, 1.165) is 0 Å². The number of amides is 1. The summed E-state index contributed by atoms with van der Waals surface area (Å²) in [6, 6.07) is 3.64. The number of rotatable bonds is 4. The Kier molecular flexibility index (Phi) is 3.88. The SMILES string of the molecule is CNC(=O)Cn1cc(-n2ccnc2-c2c(F)cccc2F)cn1. The van der Waals surface area contributed by atoms with Crippen LogP contribution in [0.3, 0.4) is 0 Å². The third-order valence-electron chi connectivity index (χ3n) is 3.31. The molecule has 0 fully saturated rings. The Morgan fingerprint density at radius 1 is 1.30 bits per heavy atom. The van der Waals surface area contributed by atoms with E-state index in [1.54, 1.807) is 12.4 Å². The third-order valence-corrected chi connectivity index (χ3v) is 3.31. The number of imidazole rings is 1. The molecule has 0 aliphatic carbocycles. The van der Waals surface area contributed by atoms with Crippen LogP contribution in [0.25, 0.3) is 17.1 Å².